The Hall–Kier alpha value is -3.88. The second kappa shape index (κ2) is 11.0. The van der Waals surface area contributed by atoms with Gasteiger partial charge in [-0.2, -0.15) is 10.2 Å². The second-order valence-corrected chi connectivity index (χ2v) is 12.5. The van der Waals surface area contributed by atoms with Crippen LogP contribution in [-0.2, 0) is 26.4 Å². The lowest BCUT2D eigenvalue weighted by Crippen LogP contribution is -2.52. The fraction of sp³-hybridized carbons (Fsp3) is 0.483. The molecule has 2 fully saturated rings. The number of fused-ring (bicyclic) bond motifs is 3. The van der Waals surface area contributed by atoms with Crippen LogP contribution in [-0.4, -0.2) is 60.6 Å². The van der Waals surface area contributed by atoms with Crippen LogP contribution in [0.4, 0.5) is 4.39 Å². The van der Waals surface area contributed by atoms with Crippen molar-refractivity contribution < 1.29 is 28.5 Å². The van der Waals surface area contributed by atoms with Crippen LogP contribution in [0.25, 0.3) is 15.2 Å². The maximum Gasteiger partial charge on any atom is 0.333 e. The quantitative estimate of drug-likeness (QED) is 0.300. The lowest BCUT2D eigenvalue weighted by atomic mass is 10.0. The van der Waals surface area contributed by atoms with Crippen LogP contribution in [0, 0.1) is 12.7 Å². The van der Waals surface area contributed by atoms with Crippen molar-refractivity contribution in [3.63, 3.8) is 0 Å². The first-order chi connectivity index (χ1) is 20.5. The van der Waals surface area contributed by atoms with Gasteiger partial charge in [-0.25, -0.2) is 18.5 Å². The third kappa shape index (κ3) is 5.06. The van der Waals surface area contributed by atoms with E-state index in [4.69, 9.17) is 14.2 Å². The van der Waals surface area contributed by atoms with E-state index in [0.29, 0.717) is 39.5 Å². The molecule has 0 aliphatic carbocycles. The van der Waals surface area contributed by atoms with Crippen LogP contribution in [0.5, 0.6) is 5.75 Å². The van der Waals surface area contributed by atoms with Gasteiger partial charge in [0.15, 0.2) is 0 Å². The van der Waals surface area contributed by atoms with Crippen molar-refractivity contribution in [3.05, 3.63) is 68.4 Å². The van der Waals surface area contributed by atoms with E-state index in [2.05, 4.69) is 10.2 Å². The van der Waals surface area contributed by atoms with E-state index in [9.17, 15) is 23.9 Å². The Bertz CT molecular complexity index is 1800. The average molecular weight is 614 g/mol. The number of carbonyl (C=O) groups is 1. The second-order valence-electron chi connectivity index (χ2n) is 11.5. The predicted molar refractivity (Wildman–Crippen MR) is 155 cm³/mol. The molecule has 5 heterocycles. The molecule has 228 valence electrons. The highest BCUT2D eigenvalue weighted by Crippen LogP contribution is 2.39. The summed E-state index contributed by atoms with van der Waals surface area (Å²) in [6, 6.07) is 4.09. The zero-order valence-corrected chi connectivity index (χ0v) is 25.0. The molecule has 2 bridgehead atoms. The third-order valence-corrected chi connectivity index (χ3v) is 9.64. The fourth-order valence-electron chi connectivity index (χ4n) is 6.09. The summed E-state index contributed by atoms with van der Waals surface area (Å²) < 4.78 is 35.0. The van der Waals surface area contributed by atoms with Crippen molar-refractivity contribution in [2.75, 3.05) is 7.11 Å². The number of methoxy groups -OCH3 is 1. The van der Waals surface area contributed by atoms with Gasteiger partial charge in [-0.15, -0.1) is 4.80 Å². The Morgan fingerprint density at radius 1 is 1.21 bits per heavy atom. The van der Waals surface area contributed by atoms with Crippen LogP contribution in [0.3, 0.4) is 0 Å². The summed E-state index contributed by atoms with van der Waals surface area (Å²) >= 11 is 1.13. The number of halogens is 1. The van der Waals surface area contributed by atoms with Gasteiger partial charge in [0.25, 0.3) is 5.56 Å². The van der Waals surface area contributed by atoms with Crippen LogP contribution in [0.1, 0.15) is 56.8 Å². The summed E-state index contributed by atoms with van der Waals surface area (Å²) in [5, 5.41) is 19.1. The molecule has 12 nitrogen and oxygen atoms in total. The molecule has 2 aliphatic rings. The summed E-state index contributed by atoms with van der Waals surface area (Å²) in [7, 11) is 1.47. The van der Waals surface area contributed by atoms with Crippen LogP contribution in [0.2, 0.25) is 0 Å². The monoisotopic (exact) mass is 613 g/mol. The molecular formula is C29H32FN5O7S. The molecule has 0 unspecified atom stereocenters. The van der Waals surface area contributed by atoms with Gasteiger partial charge in [-0.05, 0) is 64.7 Å². The number of benzene rings is 1. The molecular weight excluding hydrogens is 581 g/mol. The Labute approximate surface area is 249 Å². The number of aromatic nitrogens is 5. The van der Waals surface area contributed by atoms with Crippen molar-refractivity contribution in [1.82, 2.24) is 24.1 Å². The number of hydrogen-bond donors (Lipinski definition) is 1. The molecule has 2 saturated heterocycles. The first-order valence-corrected chi connectivity index (χ1v) is 14.8. The zero-order chi connectivity index (χ0) is 30.6. The lowest BCUT2D eigenvalue weighted by Gasteiger charge is -2.33. The predicted octanol–water partition coefficient (Wildman–Crippen LogP) is 3.55. The molecule has 14 heteroatoms. The molecule has 6 rings (SSSR count). The summed E-state index contributed by atoms with van der Waals surface area (Å²) in [4.78, 5) is 42.1. The van der Waals surface area contributed by atoms with Crippen molar-refractivity contribution in [1.29, 1.82) is 0 Å². The lowest BCUT2D eigenvalue weighted by molar-refractivity contribution is -0.146. The molecule has 0 saturated carbocycles. The molecule has 0 spiro atoms. The topological polar surface area (TPSA) is 140 Å². The van der Waals surface area contributed by atoms with Crippen molar-refractivity contribution >= 4 is 27.5 Å². The number of nitrogens with zero attached hydrogens (tertiary/aromatic N) is 5. The van der Waals surface area contributed by atoms with E-state index in [-0.39, 0.29) is 30.2 Å². The van der Waals surface area contributed by atoms with Crippen LogP contribution < -0.4 is 16.0 Å². The average Bonchev–Trinajstić information content (AvgIpc) is 3.69. The van der Waals surface area contributed by atoms with E-state index in [1.54, 1.807) is 6.92 Å². The molecule has 4 aromatic rings. The van der Waals surface area contributed by atoms with Crippen LogP contribution >= 0.6 is 11.3 Å². The molecule has 4 atom stereocenters. The number of carboxylic acid groups (broad SMARTS) is 1. The minimum atomic E-state index is -1.88. The summed E-state index contributed by atoms with van der Waals surface area (Å²) in [6.45, 7) is 4.15. The standard InChI is InChI=1S/C29H32FN5O7S/c1-15-23-24(36)34(29(2,3)27(37)38)28(39)33(26(23)43-25(15)35-31-9-10-32-35)14-22(20-11-16(30)5-8-21(20)40-4)42-19-12-17-6-7-18(13-19)41-17/h5,8-11,17-19,22H,6-7,12-14H2,1-4H3,(H,37,38)/t17-,18+,19+,22-/m0/s1. The van der Waals surface area contributed by atoms with Crippen molar-refractivity contribution in [2.24, 2.45) is 0 Å². The highest BCUT2D eigenvalue weighted by atomic mass is 32.1. The first kappa shape index (κ1) is 29.2. The van der Waals surface area contributed by atoms with Gasteiger partial charge >= 0.3 is 11.7 Å². The third-order valence-electron chi connectivity index (χ3n) is 8.36. The number of ether oxygens (including phenoxy) is 3. The molecule has 0 amide bonds. The molecule has 1 aromatic carbocycles. The molecule has 1 N–H and O–H groups in total. The molecule has 43 heavy (non-hydrogen) atoms. The summed E-state index contributed by atoms with van der Waals surface area (Å²) in [5.41, 5.74) is -2.57. The largest absolute Gasteiger partial charge is 0.496 e. The highest BCUT2D eigenvalue weighted by Gasteiger charge is 2.39. The van der Waals surface area contributed by atoms with E-state index in [1.165, 1.54) is 60.9 Å². The van der Waals surface area contributed by atoms with Gasteiger partial charge in [-0.1, -0.05) is 11.3 Å². The van der Waals surface area contributed by atoms with Gasteiger partial charge in [0.2, 0.25) is 0 Å². The SMILES string of the molecule is COc1ccc(F)cc1[C@H](Cn1c(=O)n(C(C)(C)C(=O)O)c(=O)c2c(C)c(-n3nccn3)sc21)O[C@H]1C[C@H]2CC[C@@H](C1)O2. The minimum Gasteiger partial charge on any atom is -0.496 e. The normalized spacial score (nSPS) is 20.9. The summed E-state index contributed by atoms with van der Waals surface area (Å²) in [6.07, 6.45) is 5.16. The Kier molecular flexibility index (Phi) is 7.47. The maximum atomic E-state index is 14.7. The number of aliphatic carboxylic acids is 1. The summed E-state index contributed by atoms with van der Waals surface area (Å²) in [5.74, 6) is -1.49. The van der Waals surface area contributed by atoms with Crippen LogP contribution in [0.15, 0.2) is 40.2 Å². The van der Waals surface area contributed by atoms with Gasteiger partial charge in [-0.3, -0.25) is 9.36 Å². The fourth-order valence-corrected chi connectivity index (χ4v) is 7.31. The number of aryl methyl sites for hydroxylation is 1. The maximum absolute atomic E-state index is 14.7. The van der Waals surface area contributed by atoms with Crippen molar-refractivity contribution in [2.45, 2.75) is 83.0 Å². The minimum absolute atomic E-state index is 0.0654. The Morgan fingerprint density at radius 2 is 1.88 bits per heavy atom. The van der Waals surface area contributed by atoms with E-state index in [1.807, 2.05) is 0 Å². The molecule has 3 aromatic heterocycles. The highest BCUT2D eigenvalue weighted by molar-refractivity contribution is 7.21. The van der Waals surface area contributed by atoms with E-state index in [0.717, 1.165) is 28.7 Å². The number of thiophene rings is 1. The zero-order valence-electron chi connectivity index (χ0n) is 24.2. The van der Waals surface area contributed by atoms with Crippen molar-refractivity contribution in [3.8, 4) is 10.8 Å². The van der Waals surface area contributed by atoms with Gasteiger partial charge in [0.05, 0.1) is 49.7 Å². The number of hydrogen-bond acceptors (Lipinski definition) is 9. The Morgan fingerprint density at radius 3 is 2.51 bits per heavy atom. The Balaban J connectivity index is 1.57. The van der Waals surface area contributed by atoms with Gasteiger partial charge in [0.1, 0.15) is 33.0 Å². The van der Waals surface area contributed by atoms with Gasteiger partial charge in [0, 0.05) is 11.1 Å². The number of carboxylic acids is 1. The van der Waals surface area contributed by atoms with E-state index >= 15 is 0 Å². The molecule has 0 radical (unpaired) electrons. The van der Waals surface area contributed by atoms with Gasteiger partial charge < -0.3 is 19.3 Å². The number of rotatable bonds is 9. The first-order valence-electron chi connectivity index (χ1n) is 14.0. The van der Waals surface area contributed by atoms with E-state index < -0.39 is 34.7 Å². The molecule has 2 aliphatic heterocycles. The smallest absolute Gasteiger partial charge is 0.333 e.